The summed E-state index contributed by atoms with van der Waals surface area (Å²) >= 11 is 0. The fourth-order valence-corrected chi connectivity index (χ4v) is 4.20. The molecule has 0 spiro atoms. The van der Waals surface area contributed by atoms with Gasteiger partial charge in [-0.05, 0) is 54.4 Å². The van der Waals surface area contributed by atoms with Gasteiger partial charge in [0.05, 0.1) is 23.6 Å². The van der Waals surface area contributed by atoms with Crippen LogP contribution in [0.1, 0.15) is 40.2 Å². The van der Waals surface area contributed by atoms with Crippen LogP contribution in [-0.4, -0.2) is 17.4 Å². The van der Waals surface area contributed by atoms with Crippen molar-refractivity contribution >= 4 is 16.9 Å². The fraction of sp³-hybridized carbons (Fsp3) is 0.154. The predicted octanol–water partition coefficient (Wildman–Crippen LogP) is 5.08. The van der Waals surface area contributed by atoms with Crippen LogP contribution in [0.25, 0.3) is 11.0 Å². The standard InChI is InChI=1S/C26H20FNO4/c1-2-31-19-7-5-6-17(14-19)23-22-24(29)20-8-3-4-9-21(20)32-25(22)26(30)28(23)15-16-10-12-18(27)13-11-16/h3-14,23H,2,15H2,1H3. The van der Waals surface area contributed by atoms with Crippen LogP contribution in [0.15, 0.2) is 82.0 Å². The highest BCUT2D eigenvalue weighted by Crippen LogP contribution is 2.40. The Bertz CT molecular complexity index is 1380. The number of para-hydroxylation sites is 1. The molecule has 1 aliphatic rings. The molecule has 3 aromatic carbocycles. The largest absolute Gasteiger partial charge is 0.494 e. The van der Waals surface area contributed by atoms with Crippen molar-refractivity contribution in [3.05, 3.63) is 111 Å². The highest BCUT2D eigenvalue weighted by atomic mass is 19.1. The van der Waals surface area contributed by atoms with Crippen molar-refractivity contribution in [3.8, 4) is 5.75 Å². The number of hydrogen-bond acceptors (Lipinski definition) is 4. The third-order valence-electron chi connectivity index (χ3n) is 5.62. The highest BCUT2D eigenvalue weighted by molar-refractivity contribution is 5.99. The highest BCUT2D eigenvalue weighted by Gasteiger charge is 2.42. The van der Waals surface area contributed by atoms with Gasteiger partial charge in [-0.15, -0.1) is 0 Å². The molecule has 160 valence electrons. The van der Waals surface area contributed by atoms with Gasteiger partial charge in [-0.25, -0.2) is 4.39 Å². The summed E-state index contributed by atoms with van der Waals surface area (Å²) in [5.74, 6) is -0.0340. The Balaban J connectivity index is 1.70. The third kappa shape index (κ3) is 3.34. The summed E-state index contributed by atoms with van der Waals surface area (Å²) in [6.45, 7) is 2.58. The van der Waals surface area contributed by atoms with Crippen molar-refractivity contribution < 1.29 is 18.3 Å². The molecule has 1 aromatic heterocycles. The second-order valence-electron chi connectivity index (χ2n) is 7.64. The number of halogens is 1. The lowest BCUT2D eigenvalue weighted by atomic mass is 9.98. The van der Waals surface area contributed by atoms with Gasteiger partial charge in [0, 0.05) is 6.54 Å². The van der Waals surface area contributed by atoms with Crippen molar-refractivity contribution in [1.82, 2.24) is 4.90 Å². The van der Waals surface area contributed by atoms with E-state index in [9.17, 15) is 14.0 Å². The van der Waals surface area contributed by atoms with E-state index in [4.69, 9.17) is 9.15 Å². The van der Waals surface area contributed by atoms with Gasteiger partial charge in [-0.3, -0.25) is 9.59 Å². The molecular weight excluding hydrogens is 409 g/mol. The number of carbonyl (C=O) groups is 1. The van der Waals surface area contributed by atoms with E-state index in [1.165, 1.54) is 12.1 Å². The third-order valence-corrected chi connectivity index (χ3v) is 5.62. The average molecular weight is 429 g/mol. The Labute approximate surface area is 183 Å². The minimum absolute atomic E-state index is 0.0441. The molecule has 32 heavy (non-hydrogen) atoms. The number of carbonyl (C=O) groups excluding carboxylic acids is 1. The molecule has 0 saturated heterocycles. The number of fused-ring (bicyclic) bond motifs is 2. The zero-order chi connectivity index (χ0) is 22.2. The summed E-state index contributed by atoms with van der Waals surface area (Å²) in [6, 6.07) is 19.6. The quantitative estimate of drug-likeness (QED) is 0.444. The molecule has 1 atom stereocenters. The van der Waals surface area contributed by atoms with E-state index in [1.807, 2.05) is 31.2 Å². The molecule has 5 rings (SSSR count). The number of rotatable bonds is 5. The van der Waals surface area contributed by atoms with E-state index < -0.39 is 6.04 Å². The molecule has 5 nitrogen and oxygen atoms in total. The molecule has 4 aromatic rings. The van der Waals surface area contributed by atoms with Crippen molar-refractivity contribution in [3.63, 3.8) is 0 Å². The van der Waals surface area contributed by atoms with Gasteiger partial charge in [-0.1, -0.05) is 36.4 Å². The van der Waals surface area contributed by atoms with Crippen LogP contribution in [0.3, 0.4) is 0 Å². The van der Waals surface area contributed by atoms with Crippen LogP contribution in [0.5, 0.6) is 5.75 Å². The van der Waals surface area contributed by atoms with Gasteiger partial charge in [-0.2, -0.15) is 0 Å². The molecule has 0 radical (unpaired) electrons. The number of benzene rings is 3. The van der Waals surface area contributed by atoms with Gasteiger partial charge in [0.25, 0.3) is 5.91 Å². The van der Waals surface area contributed by atoms with Crippen LogP contribution >= 0.6 is 0 Å². The summed E-state index contributed by atoms with van der Waals surface area (Å²) in [7, 11) is 0. The van der Waals surface area contributed by atoms with Crippen molar-refractivity contribution in [2.75, 3.05) is 6.61 Å². The SMILES string of the molecule is CCOc1cccc(C2c3c(oc4ccccc4c3=O)C(=O)N2Cc2ccc(F)cc2)c1. The Morgan fingerprint density at radius 3 is 2.56 bits per heavy atom. The van der Waals surface area contributed by atoms with Gasteiger partial charge < -0.3 is 14.1 Å². The molecule has 1 amide bonds. The molecule has 1 unspecified atom stereocenters. The summed E-state index contributed by atoms with van der Waals surface area (Å²) in [5.41, 5.74) is 1.94. The van der Waals surface area contributed by atoms with E-state index >= 15 is 0 Å². The summed E-state index contributed by atoms with van der Waals surface area (Å²) in [4.78, 5) is 28.5. The summed E-state index contributed by atoms with van der Waals surface area (Å²) < 4.78 is 25.0. The minimum Gasteiger partial charge on any atom is -0.494 e. The van der Waals surface area contributed by atoms with E-state index in [-0.39, 0.29) is 29.5 Å². The minimum atomic E-state index is -0.649. The molecule has 0 N–H and O–H groups in total. The first kappa shape index (κ1) is 20.0. The first-order valence-corrected chi connectivity index (χ1v) is 10.4. The number of nitrogens with zero attached hydrogens (tertiary/aromatic N) is 1. The Hall–Kier alpha value is -3.93. The average Bonchev–Trinajstić information content (AvgIpc) is 3.08. The molecular formula is C26H20FNO4. The van der Waals surface area contributed by atoms with Crippen molar-refractivity contribution in [1.29, 1.82) is 0 Å². The number of hydrogen-bond donors (Lipinski definition) is 0. The normalized spacial score (nSPS) is 15.2. The summed E-state index contributed by atoms with van der Waals surface area (Å²) in [5, 5.41) is 0.425. The number of ether oxygens (including phenoxy) is 1. The van der Waals surface area contributed by atoms with Gasteiger partial charge in [0.1, 0.15) is 17.1 Å². The zero-order valence-corrected chi connectivity index (χ0v) is 17.4. The van der Waals surface area contributed by atoms with Crippen molar-refractivity contribution in [2.24, 2.45) is 0 Å². The second kappa shape index (κ2) is 7.96. The lowest BCUT2D eigenvalue weighted by molar-refractivity contribution is 0.0714. The van der Waals surface area contributed by atoms with Crippen molar-refractivity contribution in [2.45, 2.75) is 19.5 Å². The molecule has 0 saturated carbocycles. The molecule has 0 aliphatic carbocycles. The van der Waals surface area contributed by atoms with Gasteiger partial charge in [0.15, 0.2) is 5.43 Å². The predicted molar refractivity (Wildman–Crippen MR) is 118 cm³/mol. The van der Waals surface area contributed by atoms with E-state index in [1.54, 1.807) is 41.3 Å². The van der Waals surface area contributed by atoms with E-state index in [0.717, 1.165) is 11.1 Å². The Kier molecular flexibility index (Phi) is 4.98. The van der Waals surface area contributed by atoms with E-state index in [2.05, 4.69) is 0 Å². The molecule has 1 aliphatic heterocycles. The van der Waals surface area contributed by atoms with Crippen LogP contribution in [0.4, 0.5) is 4.39 Å². The lowest BCUT2D eigenvalue weighted by Gasteiger charge is -2.25. The monoisotopic (exact) mass is 429 g/mol. The van der Waals surface area contributed by atoms with E-state index in [0.29, 0.717) is 28.9 Å². The maximum atomic E-state index is 13.5. The lowest BCUT2D eigenvalue weighted by Crippen LogP contribution is -2.29. The van der Waals surface area contributed by atoms with Crippen LogP contribution in [-0.2, 0) is 6.54 Å². The maximum absolute atomic E-state index is 13.5. The first-order valence-electron chi connectivity index (χ1n) is 10.4. The smallest absolute Gasteiger partial charge is 0.291 e. The Morgan fingerprint density at radius 2 is 1.78 bits per heavy atom. The van der Waals surface area contributed by atoms with Gasteiger partial charge in [0.2, 0.25) is 5.76 Å². The first-order chi connectivity index (χ1) is 15.6. The van der Waals surface area contributed by atoms with Crippen LogP contribution in [0.2, 0.25) is 0 Å². The topological polar surface area (TPSA) is 59.8 Å². The molecule has 2 heterocycles. The maximum Gasteiger partial charge on any atom is 0.291 e. The Morgan fingerprint density at radius 1 is 1.00 bits per heavy atom. The summed E-state index contributed by atoms with van der Waals surface area (Å²) in [6.07, 6.45) is 0. The second-order valence-corrected chi connectivity index (χ2v) is 7.64. The molecule has 6 heteroatoms. The molecule has 0 bridgehead atoms. The molecule has 0 fully saturated rings. The number of amides is 1. The van der Waals surface area contributed by atoms with Crippen LogP contribution < -0.4 is 10.2 Å². The zero-order valence-electron chi connectivity index (χ0n) is 17.4. The van der Waals surface area contributed by atoms with Gasteiger partial charge >= 0.3 is 0 Å². The van der Waals surface area contributed by atoms with Crippen LogP contribution in [0, 0.1) is 5.82 Å². The fourth-order valence-electron chi connectivity index (χ4n) is 4.20.